The van der Waals surface area contributed by atoms with Crippen molar-refractivity contribution in [2.24, 2.45) is 0 Å². The number of aromatic nitrogens is 1. The summed E-state index contributed by atoms with van der Waals surface area (Å²) in [6.07, 6.45) is 2.71. The molecular weight excluding hydrogens is 192 g/mol. The van der Waals surface area contributed by atoms with E-state index in [-0.39, 0.29) is 0 Å². The van der Waals surface area contributed by atoms with Crippen molar-refractivity contribution >= 4 is 5.82 Å². The highest BCUT2D eigenvalue weighted by Crippen LogP contribution is 2.07. The molecule has 0 radical (unpaired) electrons. The molecule has 1 heterocycles. The Morgan fingerprint density at radius 1 is 1.40 bits per heavy atom. The number of nitrogens with zero attached hydrogens (tertiary/aromatic N) is 1. The molecule has 1 aromatic heterocycles. The lowest BCUT2D eigenvalue weighted by Crippen LogP contribution is -2.00. The van der Waals surface area contributed by atoms with Gasteiger partial charge in [-0.15, -0.1) is 0 Å². The molecule has 0 unspecified atom stereocenters. The Kier molecular flexibility index (Phi) is 5.73. The Balaban J connectivity index is 2.24. The van der Waals surface area contributed by atoms with Gasteiger partial charge in [0.1, 0.15) is 5.82 Å². The number of hydrogen-bond donors (Lipinski definition) is 1. The van der Waals surface area contributed by atoms with Crippen molar-refractivity contribution in [3.63, 3.8) is 0 Å². The van der Waals surface area contributed by atoms with Crippen molar-refractivity contribution < 1.29 is 9.47 Å². The Bertz CT molecular complexity index is 279. The van der Waals surface area contributed by atoms with Gasteiger partial charge in [-0.25, -0.2) is 4.98 Å². The standard InChI is InChI=1S/C11H18N2O2/c1-12-11-8-10(4-5-13-11)9-15-7-3-6-14-2/h4-5,8H,3,6-7,9H2,1-2H3,(H,12,13). The average molecular weight is 210 g/mol. The van der Waals surface area contributed by atoms with E-state index >= 15 is 0 Å². The Morgan fingerprint density at radius 2 is 2.27 bits per heavy atom. The first-order valence-electron chi connectivity index (χ1n) is 5.06. The second-order valence-electron chi connectivity index (χ2n) is 3.20. The summed E-state index contributed by atoms with van der Waals surface area (Å²) in [5.41, 5.74) is 1.13. The summed E-state index contributed by atoms with van der Waals surface area (Å²) >= 11 is 0. The summed E-state index contributed by atoms with van der Waals surface area (Å²) in [7, 11) is 3.55. The van der Waals surface area contributed by atoms with Crippen LogP contribution >= 0.6 is 0 Å². The molecule has 0 aromatic carbocycles. The topological polar surface area (TPSA) is 43.4 Å². The van der Waals surface area contributed by atoms with Crippen molar-refractivity contribution in [1.82, 2.24) is 4.98 Å². The molecule has 0 amide bonds. The first-order valence-corrected chi connectivity index (χ1v) is 5.06. The molecule has 0 aliphatic carbocycles. The minimum atomic E-state index is 0.626. The highest BCUT2D eigenvalue weighted by atomic mass is 16.5. The van der Waals surface area contributed by atoms with Gasteiger partial charge in [-0.3, -0.25) is 0 Å². The molecule has 0 saturated heterocycles. The van der Waals surface area contributed by atoms with Crippen LogP contribution in [-0.4, -0.2) is 32.4 Å². The molecule has 1 rings (SSSR count). The lowest BCUT2D eigenvalue weighted by atomic mass is 10.3. The molecule has 0 saturated carbocycles. The molecule has 0 spiro atoms. The Labute approximate surface area is 90.6 Å². The summed E-state index contributed by atoms with van der Waals surface area (Å²) in [4.78, 5) is 4.13. The van der Waals surface area contributed by atoms with E-state index in [0.29, 0.717) is 6.61 Å². The number of rotatable bonds is 7. The van der Waals surface area contributed by atoms with Crippen molar-refractivity contribution in [3.8, 4) is 0 Å². The maximum Gasteiger partial charge on any atom is 0.125 e. The second kappa shape index (κ2) is 7.20. The van der Waals surface area contributed by atoms with E-state index in [4.69, 9.17) is 9.47 Å². The third kappa shape index (κ3) is 4.76. The van der Waals surface area contributed by atoms with Gasteiger partial charge in [0.25, 0.3) is 0 Å². The molecule has 4 heteroatoms. The molecule has 0 aliphatic rings. The summed E-state index contributed by atoms with van der Waals surface area (Å²) < 4.78 is 10.4. The van der Waals surface area contributed by atoms with Crippen LogP contribution < -0.4 is 5.32 Å². The minimum Gasteiger partial charge on any atom is -0.385 e. The van der Waals surface area contributed by atoms with E-state index in [1.54, 1.807) is 13.3 Å². The fourth-order valence-electron chi connectivity index (χ4n) is 1.20. The number of pyridine rings is 1. The fraction of sp³-hybridized carbons (Fsp3) is 0.545. The van der Waals surface area contributed by atoms with Crippen LogP contribution in [0.1, 0.15) is 12.0 Å². The van der Waals surface area contributed by atoms with E-state index in [0.717, 1.165) is 31.0 Å². The van der Waals surface area contributed by atoms with E-state index in [1.807, 2.05) is 19.2 Å². The quantitative estimate of drug-likeness (QED) is 0.695. The lowest BCUT2D eigenvalue weighted by Gasteiger charge is -2.05. The fourth-order valence-corrected chi connectivity index (χ4v) is 1.20. The minimum absolute atomic E-state index is 0.626. The smallest absolute Gasteiger partial charge is 0.125 e. The zero-order valence-corrected chi connectivity index (χ0v) is 9.32. The maximum absolute atomic E-state index is 5.49. The molecule has 0 fully saturated rings. The first kappa shape index (κ1) is 11.9. The molecule has 1 aromatic rings. The van der Waals surface area contributed by atoms with Crippen LogP contribution in [0.4, 0.5) is 5.82 Å². The monoisotopic (exact) mass is 210 g/mol. The van der Waals surface area contributed by atoms with Crippen LogP contribution in [0.25, 0.3) is 0 Å². The molecule has 15 heavy (non-hydrogen) atoms. The van der Waals surface area contributed by atoms with Crippen LogP contribution in [0.3, 0.4) is 0 Å². The van der Waals surface area contributed by atoms with E-state index < -0.39 is 0 Å². The predicted octanol–water partition coefficient (Wildman–Crippen LogP) is 1.68. The van der Waals surface area contributed by atoms with Gasteiger partial charge in [-0.05, 0) is 24.1 Å². The molecule has 1 N–H and O–H groups in total. The molecular formula is C11H18N2O2. The normalized spacial score (nSPS) is 10.3. The van der Waals surface area contributed by atoms with Gasteiger partial charge in [0.15, 0.2) is 0 Å². The highest BCUT2D eigenvalue weighted by molar-refractivity contribution is 5.36. The molecule has 0 atom stereocenters. The van der Waals surface area contributed by atoms with Crippen LogP contribution in [0.15, 0.2) is 18.3 Å². The number of methoxy groups -OCH3 is 1. The largest absolute Gasteiger partial charge is 0.385 e. The van der Waals surface area contributed by atoms with Crippen LogP contribution in [0.5, 0.6) is 0 Å². The van der Waals surface area contributed by atoms with Gasteiger partial charge in [0.05, 0.1) is 6.61 Å². The van der Waals surface area contributed by atoms with Crippen LogP contribution in [-0.2, 0) is 16.1 Å². The average Bonchev–Trinajstić information content (AvgIpc) is 2.29. The third-order valence-corrected chi connectivity index (χ3v) is 1.99. The number of anilines is 1. The zero-order chi connectivity index (χ0) is 10.9. The SMILES string of the molecule is CNc1cc(COCCCOC)ccn1. The van der Waals surface area contributed by atoms with Crippen molar-refractivity contribution in [2.75, 3.05) is 32.7 Å². The van der Waals surface area contributed by atoms with Crippen molar-refractivity contribution in [1.29, 1.82) is 0 Å². The highest BCUT2D eigenvalue weighted by Gasteiger charge is 1.95. The van der Waals surface area contributed by atoms with Gasteiger partial charge in [-0.2, -0.15) is 0 Å². The van der Waals surface area contributed by atoms with Crippen LogP contribution in [0.2, 0.25) is 0 Å². The van der Waals surface area contributed by atoms with Gasteiger partial charge < -0.3 is 14.8 Å². The van der Waals surface area contributed by atoms with E-state index in [1.165, 1.54) is 0 Å². The maximum atomic E-state index is 5.49. The van der Waals surface area contributed by atoms with Gasteiger partial charge >= 0.3 is 0 Å². The van der Waals surface area contributed by atoms with E-state index in [9.17, 15) is 0 Å². The van der Waals surface area contributed by atoms with Crippen molar-refractivity contribution in [2.45, 2.75) is 13.0 Å². The Hall–Kier alpha value is -1.13. The van der Waals surface area contributed by atoms with Crippen molar-refractivity contribution in [3.05, 3.63) is 23.9 Å². The van der Waals surface area contributed by atoms with Gasteiger partial charge in [0, 0.05) is 33.6 Å². The Morgan fingerprint density at radius 3 is 3.00 bits per heavy atom. The number of hydrogen-bond acceptors (Lipinski definition) is 4. The third-order valence-electron chi connectivity index (χ3n) is 1.99. The summed E-state index contributed by atoms with van der Waals surface area (Å²) in [5.74, 6) is 0.869. The summed E-state index contributed by atoms with van der Waals surface area (Å²) in [5, 5.41) is 2.99. The zero-order valence-electron chi connectivity index (χ0n) is 9.32. The van der Waals surface area contributed by atoms with Crippen LogP contribution in [0, 0.1) is 0 Å². The second-order valence-corrected chi connectivity index (χ2v) is 3.20. The molecule has 4 nitrogen and oxygen atoms in total. The molecule has 84 valence electrons. The first-order chi connectivity index (χ1) is 7.36. The number of ether oxygens (including phenoxy) is 2. The molecule has 0 bridgehead atoms. The number of nitrogens with one attached hydrogen (secondary N) is 1. The lowest BCUT2D eigenvalue weighted by molar-refractivity contribution is 0.0928. The predicted molar refractivity (Wildman–Crippen MR) is 59.9 cm³/mol. The van der Waals surface area contributed by atoms with Gasteiger partial charge in [0.2, 0.25) is 0 Å². The summed E-state index contributed by atoms with van der Waals surface area (Å²) in [6, 6.07) is 3.94. The van der Waals surface area contributed by atoms with E-state index in [2.05, 4.69) is 10.3 Å². The molecule has 0 aliphatic heterocycles. The van der Waals surface area contributed by atoms with Gasteiger partial charge in [-0.1, -0.05) is 0 Å². The summed E-state index contributed by atoms with van der Waals surface area (Å²) in [6.45, 7) is 2.10.